The van der Waals surface area contributed by atoms with Crippen LogP contribution in [0.25, 0.3) is 0 Å². The molecule has 2 amide bonds. The zero-order chi connectivity index (χ0) is 18.5. The lowest BCUT2D eigenvalue weighted by molar-refractivity contribution is -0.132. The SMILES string of the molecule is CNC(=O)c1ccn(C2CCCN(C(=O)C(C)Sc3ccccn3)C2)n1. The summed E-state index contributed by atoms with van der Waals surface area (Å²) in [6.45, 7) is 3.29. The molecule has 3 rings (SSSR count). The van der Waals surface area contributed by atoms with E-state index < -0.39 is 0 Å². The zero-order valence-electron chi connectivity index (χ0n) is 15.0. The molecule has 0 saturated carbocycles. The third-order valence-corrected chi connectivity index (χ3v) is 5.47. The molecule has 2 aromatic rings. The molecule has 0 spiro atoms. The molecule has 26 heavy (non-hydrogen) atoms. The second-order valence-electron chi connectivity index (χ2n) is 6.27. The summed E-state index contributed by atoms with van der Waals surface area (Å²) >= 11 is 1.48. The van der Waals surface area contributed by atoms with Gasteiger partial charge < -0.3 is 10.2 Å². The molecule has 0 bridgehead atoms. The van der Waals surface area contributed by atoms with Gasteiger partial charge in [0.1, 0.15) is 5.69 Å². The fraction of sp³-hybridized carbons (Fsp3) is 0.444. The average Bonchev–Trinajstić information content (AvgIpc) is 3.18. The minimum Gasteiger partial charge on any atom is -0.354 e. The van der Waals surface area contributed by atoms with Gasteiger partial charge in [0, 0.05) is 32.5 Å². The lowest BCUT2D eigenvalue weighted by Crippen LogP contribution is -2.44. The number of carbonyl (C=O) groups excluding carboxylic acids is 2. The van der Waals surface area contributed by atoms with Gasteiger partial charge in [0.05, 0.1) is 16.3 Å². The standard InChI is InChI=1S/C18H23N5O2S/c1-13(26-16-7-3-4-9-20-16)18(25)22-10-5-6-14(12-22)23-11-8-15(21-23)17(24)19-2/h3-4,7-9,11,13-14H,5-6,10,12H2,1-2H3,(H,19,24). The van der Waals surface area contributed by atoms with Gasteiger partial charge >= 0.3 is 0 Å². The van der Waals surface area contributed by atoms with Crippen LogP contribution in [-0.4, -0.2) is 56.9 Å². The first-order valence-electron chi connectivity index (χ1n) is 8.72. The van der Waals surface area contributed by atoms with E-state index in [2.05, 4.69) is 15.4 Å². The number of likely N-dealkylation sites (tertiary alicyclic amines) is 1. The van der Waals surface area contributed by atoms with Crippen LogP contribution in [0.4, 0.5) is 0 Å². The summed E-state index contributed by atoms with van der Waals surface area (Å²) in [5.74, 6) is -0.0862. The summed E-state index contributed by atoms with van der Waals surface area (Å²) in [5.41, 5.74) is 0.398. The van der Waals surface area contributed by atoms with E-state index in [1.54, 1.807) is 24.0 Å². The molecule has 2 aromatic heterocycles. The van der Waals surface area contributed by atoms with Crippen molar-refractivity contribution < 1.29 is 9.59 Å². The maximum Gasteiger partial charge on any atom is 0.271 e. The molecule has 1 saturated heterocycles. The van der Waals surface area contributed by atoms with Crippen LogP contribution in [0.15, 0.2) is 41.7 Å². The highest BCUT2D eigenvalue weighted by molar-refractivity contribution is 8.00. The Morgan fingerprint density at radius 3 is 2.92 bits per heavy atom. The fourth-order valence-corrected chi connectivity index (χ4v) is 3.96. The van der Waals surface area contributed by atoms with Gasteiger partial charge in [-0.25, -0.2) is 4.98 Å². The van der Waals surface area contributed by atoms with Crippen molar-refractivity contribution >= 4 is 23.6 Å². The van der Waals surface area contributed by atoms with E-state index in [4.69, 9.17) is 0 Å². The molecule has 2 atom stereocenters. The Kier molecular flexibility index (Phi) is 5.92. The second kappa shape index (κ2) is 8.35. The van der Waals surface area contributed by atoms with Crippen LogP contribution < -0.4 is 5.32 Å². The van der Waals surface area contributed by atoms with Crippen LogP contribution >= 0.6 is 11.8 Å². The Morgan fingerprint density at radius 2 is 2.19 bits per heavy atom. The number of hydrogen-bond acceptors (Lipinski definition) is 5. The Bertz CT molecular complexity index is 764. The molecule has 2 unspecified atom stereocenters. The Balaban J connectivity index is 1.63. The lowest BCUT2D eigenvalue weighted by Gasteiger charge is -2.34. The number of aromatic nitrogens is 3. The second-order valence-corrected chi connectivity index (χ2v) is 7.63. The molecular formula is C18H23N5O2S. The zero-order valence-corrected chi connectivity index (χ0v) is 15.8. The summed E-state index contributed by atoms with van der Waals surface area (Å²) in [5, 5.41) is 7.60. The van der Waals surface area contributed by atoms with Crippen molar-refractivity contribution in [1.82, 2.24) is 25.0 Å². The van der Waals surface area contributed by atoms with Crippen molar-refractivity contribution in [3.05, 3.63) is 42.4 Å². The van der Waals surface area contributed by atoms with Crippen LogP contribution in [0.3, 0.4) is 0 Å². The first-order valence-corrected chi connectivity index (χ1v) is 9.60. The summed E-state index contributed by atoms with van der Waals surface area (Å²) in [6.07, 6.45) is 5.42. The molecule has 1 aliphatic heterocycles. The topological polar surface area (TPSA) is 80.1 Å². The molecule has 3 heterocycles. The molecule has 0 aliphatic carbocycles. The number of amides is 2. The van der Waals surface area contributed by atoms with Gasteiger partial charge in [0.15, 0.2) is 0 Å². The average molecular weight is 373 g/mol. The number of piperidine rings is 1. The molecule has 1 N–H and O–H groups in total. The summed E-state index contributed by atoms with van der Waals surface area (Å²) in [4.78, 5) is 30.7. The minimum atomic E-state index is -0.201. The van der Waals surface area contributed by atoms with Crippen molar-refractivity contribution in [2.75, 3.05) is 20.1 Å². The van der Waals surface area contributed by atoms with Crippen molar-refractivity contribution in [2.24, 2.45) is 0 Å². The highest BCUT2D eigenvalue weighted by Crippen LogP contribution is 2.26. The van der Waals surface area contributed by atoms with Gasteiger partial charge in [0.2, 0.25) is 5.91 Å². The first kappa shape index (κ1) is 18.4. The van der Waals surface area contributed by atoms with Gasteiger partial charge in [-0.1, -0.05) is 17.8 Å². The molecule has 1 fully saturated rings. The predicted octanol–water partition coefficient (Wildman–Crippen LogP) is 1.98. The third-order valence-electron chi connectivity index (χ3n) is 4.43. The summed E-state index contributed by atoms with van der Waals surface area (Å²) < 4.78 is 1.81. The van der Waals surface area contributed by atoms with E-state index >= 15 is 0 Å². The molecular weight excluding hydrogens is 350 g/mol. The van der Waals surface area contributed by atoms with Crippen molar-refractivity contribution in [3.8, 4) is 0 Å². The smallest absolute Gasteiger partial charge is 0.271 e. The first-order chi connectivity index (χ1) is 12.6. The Labute approximate surface area is 157 Å². The van der Waals surface area contributed by atoms with Gasteiger partial charge in [0.25, 0.3) is 5.91 Å². The number of pyridine rings is 1. The van der Waals surface area contributed by atoms with E-state index in [9.17, 15) is 9.59 Å². The van der Waals surface area contributed by atoms with Gasteiger partial charge in [-0.2, -0.15) is 5.10 Å². The van der Waals surface area contributed by atoms with E-state index in [1.807, 2.05) is 36.2 Å². The number of hydrogen-bond donors (Lipinski definition) is 1. The molecule has 1 aliphatic rings. The maximum atomic E-state index is 12.8. The predicted molar refractivity (Wildman–Crippen MR) is 100 cm³/mol. The maximum absolute atomic E-state index is 12.8. The highest BCUT2D eigenvalue weighted by atomic mass is 32.2. The Hall–Kier alpha value is -2.35. The van der Waals surface area contributed by atoms with Crippen LogP contribution in [0, 0.1) is 0 Å². The van der Waals surface area contributed by atoms with Crippen molar-refractivity contribution in [3.63, 3.8) is 0 Å². The molecule has 138 valence electrons. The quantitative estimate of drug-likeness (QED) is 0.811. The highest BCUT2D eigenvalue weighted by Gasteiger charge is 2.29. The molecule has 0 radical (unpaired) electrons. The lowest BCUT2D eigenvalue weighted by atomic mass is 10.1. The number of thioether (sulfide) groups is 1. The van der Waals surface area contributed by atoms with E-state index in [1.165, 1.54) is 11.8 Å². The molecule has 0 aromatic carbocycles. The largest absolute Gasteiger partial charge is 0.354 e. The summed E-state index contributed by atoms with van der Waals surface area (Å²) in [7, 11) is 1.59. The van der Waals surface area contributed by atoms with Gasteiger partial charge in [-0.3, -0.25) is 14.3 Å². The van der Waals surface area contributed by atoms with E-state index in [0.717, 1.165) is 24.4 Å². The van der Waals surface area contributed by atoms with E-state index in [0.29, 0.717) is 12.2 Å². The third kappa shape index (κ3) is 4.24. The van der Waals surface area contributed by atoms with Crippen molar-refractivity contribution in [2.45, 2.75) is 36.1 Å². The van der Waals surface area contributed by atoms with Crippen molar-refractivity contribution in [1.29, 1.82) is 0 Å². The van der Waals surface area contributed by atoms with Gasteiger partial charge in [-0.05, 0) is 38.0 Å². The molecule has 8 heteroatoms. The van der Waals surface area contributed by atoms with Crippen LogP contribution in [0.1, 0.15) is 36.3 Å². The Morgan fingerprint density at radius 1 is 1.35 bits per heavy atom. The van der Waals surface area contributed by atoms with Crippen LogP contribution in [-0.2, 0) is 4.79 Å². The number of carbonyl (C=O) groups is 2. The number of rotatable bonds is 5. The van der Waals surface area contributed by atoms with E-state index in [-0.39, 0.29) is 23.1 Å². The van der Waals surface area contributed by atoms with Gasteiger partial charge in [-0.15, -0.1) is 0 Å². The normalized spacial score (nSPS) is 18.4. The van der Waals surface area contributed by atoms with Crippen LogP contribution in [0.5, 0.6) is 0 Å². The number of nitrogens with one attached hydrogen (secondary N) is 1. The minimum absolute atomic E-state index is 0.0955. The molecule has 7 nitrogen and oxygen atoms in total. The summed E-state index contributed by atoms with van der Waals surface area (Å²) in [6, 6.07) is 7.50. The van der Waals surface area contributed by atoms with Crippen LogP contribution in [0.2, 0.25) is 0 Å². The number of nitrogens with zero attached hydrogens (tertiary/aromatic N) is 4. The monoisotopic (exact) mass is 373 g/mol. The fourth-order valence-electron chi connectivity index (χ4n) is 3.07.